The van der Waals surface area contributed by atoms with Gasteiger partial charge in [0.25, 0.3) is 5.69 Å². The molecule has 4 aliphatic carbocycles. The molecule has 0 heterocycles. The number of carbonyl (C=O) groups excluding carboxylic acids is 1. The minimum absolute atomic E-state index is 0.0459. The summed E-state index contributed by atoms with van der Waals surface area (Å²) in [6.07, 6.45) is 8.32. The number of carbonyl (C=O) groups is 1. The second-order valence-corrected chi connectivity index (χ2v) is 10.8. The SMILES string of the molecule is CC1CC2=CC(=O)CCC2C2CC[C@@]3(C)C(CC[C@@]3(O)C#Cc3ccc([N+](=O)[O-])cc3)C12. The second kappa shape index (κ2) is 7.56. The predicted octanol–water partition coefficient (Wildman–Crippen LogP) is 5.07. The van der Waals surface area contributed by atoms with Gasteiger partial charge in [0.2, 0.25) is 0 Å². The maximum atomic E-state index is 12.0. The maximum Gasteiger partial charge on any atom is 0.269 e. The molecule has 0 aliphatic heterocycles. The van der Waals surface area contributed by atoms with E-state index < -0.39 is 10.5 Å². The summed E-state index contributed by atoms with van der Waals surface area (Å²) in [5.41, 5.74) is 0.830. The zero-order valence-electron chi connectivity index (χ0n) is 18.8. The van der Waals surface area contributed by atoms with E-state index in [1.54, 1.807) is 12.1 Å². The molecule has 32 heavy (non-hydrogen) atoms. The molecule has 0 radical (unpaired) electrons. The lowest BCUT2D eigenvalue weighted by Gasteiger charge is -2.56. The molecule has 5 unspecified atom stereocenters. The fraction of sp³-hybridized carbons (Fsp3) is 0.593. The Bertz CT molecular complexity index is 1050. The number of non-ortho nitro benzene ring substituents is 1. The van der Waals surface area contributed by atoms with E-state index in [4.69, 9.17) is 0 Å². The number of nitro groups is 1. The van der Waals surface area contributed by atoms with Crippen LogP contribution in [0, 0.1) is 57.0 Å². The molecule has 3 saturated carbocycles. The van der Waals surface area contributed by atoms with Crippen molar-refractivity contribution in [2.24, 2.45) is 35.0 Å². The summed E-state index contributed by atoms with van der Waals surface area (Å²) in [6.45, 7) is 4.56. The molecule has 0 spiro atoms. The van der Waals surface area contributed by atoms with Crippen LogP contribution in [0.4, 0.5) is 5.69 Å². The molecule has 3 fully saturated rings. The van der Waals surface area contributed by atoms with Crippen molar-refractivity contribution in [1.82, 2.24) is 0 Å². The van der Waals surface area contributed by atoms with Crippen LogP contribution in [-0.2, 0) is 4.79 Å². The van der Waals surface area contributed by atoms with Crippen molar-refractivity contribution >= 4 is 11.5 Å². The van der Waals surface area contributed by atoms with Crippen LogP contribution in [0.15, 0.2) is 35.9 Å². The highest BCUT2D eigenvalue weighted by Gasteiger charge is 2.63. The molecular weight excluding hydrogens is 402 g/mol. The third-order valence-corrected chi connectivity index (χ3v) is 9.28. The van der Waals surface area contributed by atoms with Gasteiger partial charge in [-0.15, -0.1) is 0 Å². The molecule has 1 aromatic carbocycles. The van der Waals surface area contributed by atoms with E-state index in [0.717, 1.165) is 32.1 Å². The minimum atomic E-state index is -1.04. The highest BCUT2D eigenvalue weighted by molar-refractivity contribution is 5.91. The van der Waals surface area contributed by atoms with Gasteiger partial charge in [-0.05, 0) is 86.3 Å². The van der Waals surface area contributed by atoms with Gasteiger partial charge in [-0.3, -0.25) is 14.9 Å². The van der Waals surface area contributed by atoms with Crippen LogP contribution in [0.1, 0.15) is 64.4 Å². The highest BCUT2D eigenvalue weighted by Crippen LogP contribution is 2.65. The lowest BCUT2D eigenvalue weighted by molar-refractivity contribution is -0.384. The normalized spacial score (nSPS) is 40.3. The lowest BCUT2D eigenvalue weighted by Crippen LogP contribution is -2.54. The Kier molecular flexibility index (Phi) is 5.05. The molecule has 1 aromatic rings. The maximum absolute atomic E-state index is 12.0. The number of hydrogen-bond acceptors (Lipinski definition) is 4. The Balaban J connectivity index is 1.42. The molecule has 0 saturated heterocycles. The Morgan fingerprint density at radius 1 is 1.16 bits per heavy atom. The number of allylic oxidation sites excluding steroid dienone is 1. The van der Waals surface area contributed by atoms with Crippen molar-refractivity contribution in [2.45, 2.75) is 64.4 Å². The molecule has 5 heteroatoms. The van der Waals surface area contributed by atoms with E-state index in [0.29, 0.717) is 53.8 Å². The summed E-state index contributed by atoms with van der Waals surface area (Å²) < 4.78 is 0. The van der Waals surface area contributed by atoms with E-state index in [9.17, 15) is 20.0 Å². The van der Waals surface area contributed by atoms with Gasteiger partial charge < -0.3 is 5.11 Å². The molecule has 0 aromatic heterocycles. The first-order valence-electron chi connectivity index (χ1n) is 12.0. The summed E-state index contributed by atoms with van der Waals surface area (Å²) in [4.78, 5) is 22.5. The van der Waals surface area contributed by atoms with Gasteiger partial charge in [0.15, 0.2) is 5.78 Å². The number of rotatable bonds is 1. The van der Waals surface area contributed by atoms with Crippen LogP contribution in [0.2, 0.25) is 0 Å². The van der Waals surface area contributed by atoms with E-state index in [2.05, 4.69) is 25.7 Å². The number of aliphatic hydroxyl groups is 1. The van der Waals surface area contributed by atoms with Crippen LogP contribution in [0.3, 0.4) is 0 Å². The van der Waals surface area contributed by atoms with E-state index in [-0.39, 0.29) is 11.1 Å². The van der Waals surface area contributed by atoms with Crippen LogP contribution >= 0.6 is 0 Å². The fourth-order valence-electron chi connectivity index (χ4n) is 7.65. The van der Waals surface area contributed by atoms with Gasteiger partial charge in [0.1, 0.15) is 5.60 Å². The molecule has 0 amide bonds. The predicted molar refractivity (Wildman–Crippen MR) is 122 cm³/mol. The topological polar surface area (TPSA) is 80.4 Å². The number of nitrogens with zero attached hydrogens (tertiary/aromatic N) is 1. The van der Waals surface area contributed by atoms with Crippen LogP contribution in [0.25, 0.3) is 0 Å². The molecule has 7 atom stereocenters. The van der Waals surface area contributed by atoms with E-state index >= 15 is 0 Å². The molecule has 0 bridgehead atoms. The molecule has 5 nitrogen and oxygen atoms in total. The van der Waals surface area contributed by atoms with Crippen molar-refractivity contribution < 1.29 is 14.8 Å². The largest absolute Gasteiger partial charge is 0.377 e. The zero-order chi connectivity index (χ0) is 22.7. The zero-order valence-corrected chi connectivity index (χ0v) is 18.8. The molecular formula is C27H31NO4. The summed E-state index contributed by atoms with van der Waals surface area (Å²) in [5, 5.41) is 22.6. The van der Waals surface area contributed by atoms with E-state index in [1.165, 1.54) is 17.7 Å². The van der Waals surface area contributed by atoms with E-state index in [1.807, 2.05) is 6.08 Å². The van der Waals surface area contributed by atoms with Gasteiger partial charge in [-0.25, -0.2) is 0 Å². The molecule has 1 N–H and O–H groups in total. The van der Waals surface area contributed by atoms with Gasteiger partial charge in [-0.2, -0.15) is 0 Å². The smallest absolute Gasteiger partial charge is 0.269 e. The first-order chi connectivity index (χ1) is 15.2. The third kappa shape index (κ3) is 3.23. The number of benzene rings is 1. The monoisotopic (exact) mass is 433 g/mol. The first kappa shape index (κ1) is 21.4. The van der Waals surface area contributed by atoms with Crippen molar-refractivity contribution in [1.29, 1.82) is 0 Å². The average Bonchev–Trinajstić information content (AvgIpc) is 3.03. The van der Waals surface area contributed by atoms with Crippen LogP contribution < -0.4 is 0 Å². The standard InChI is InChI=1S/C27H31NO4/c1-17-15-19-16-21(29)7-8-22(19)23-10-12-26(2)24(25(17)23)11-14-27(26,30)13-9-18-3-5-20(6-4-18)28(31)32/h3-6,16-17,22-25,30H,7-8,10-12,14-15H2,1-2H3/t17?,22?,23?,24?,25?,26-,27-/m0/s1. The summed E-state index contributed by atoms with van der Waals surface area (Å²) >= 11 is 0. The third-order valence-electron chi connectivity index (χ3n) is 9.28. The van der Waals surface area contributed by atoms with Crippen LogP contribution in [-0.4, -0.2) is 21.4 Å². The summed E-state index contributed by atoms with van der Waals surface area (Å²) in [5.74, 6) is 9.30. The molecule has 5 rings (SSSR count). The number of nitro benzene ring substituents is 1. The van der Waals surface area contributed by atoms with Crippen LogP contribution in [0.5, 0.6) is 0 Å². The Morgan fingerprint density at radius 2 is 1.91 bits per heavy atom. The quantitative estimate of drug-likeness (QED) is 0.381. The number of fused-ring (bicyclic) bond motifs is 5. The Labute approximate surface area is 189 Å². The van der Waals surface area contributed by atoms with Gasteiger partial charge in [0.05, 0.1) is 4.92 Å². The summed E-state index contributed by atoms with van der Waals surface area (Å²) in [6, 6.07) is 6.23. The summed E-state index contributed by atoms with van der Waals surface area (Å²) in [7, 11) is 0. The average molecular weight is 434 g/mol. The highest BCUT2D eigenvalue weighted by atomic mass is 16.6. The fourth-order valence-corrected chi connectivity index (χ4v) is 7.65. The minimum Gasteiger partial charge on any atom is -0.377 e. The van der Waals surface area contributed by atoms with Gasteiger partial charge in [-0.1, -0.05) is 31.3 Å². The Hall–Kier alpha value is -2.45. The van der Waals surface area contributed by atoms with Crippen molar-refractivity contribution in [3.63, 3.8) is 0 Å². The Morgan fingerprint density at radius 3 is 2.62 bits per heavy atom. The number of hydrogen-bond donors (Lipinski definition) is 1. The van der Waals surface area contributed by atoms with Crippen molar-refractivity contribution in [3.8, 4) is 11.8 Å². The van der Waals surface area contributed by atoms with Gasteiger partial charge >= 0.3 is 0 Å². The van der Waals surface area contributed by atoms with Gasteiger partial charge in [0, 0.05) is 29.5 Å². The lowest BCUT2D eigenvalue weighted by atomic mass is 9.48. The van der Waals surface area contributed by atoms with Crippen molar-refractivity contribution in [3.05, 3.63) is 51.6 Å². The van der Waals surface area contributed by atoms with Crippen molar-refractivity contribution in [2.75, 3.05) is 0 Å². The molecule has 4 aliphatic rings. The number of ketones is 1. The molecule has 168 valence electrons. The second-order valence-electron chi connectivity index (χ2n) is 10.8. The first-order valence-corrected chi connectivity index (χ1v) is 12.0.